The Labute approximate surface area is 152 Å². The molecule has 3 rings (SSSR count). The highest BCUT2D eigenvalue weighted by molar-refractivity contribution is 6.39. The minimum atomic E-state index is -0.163. The van der Waals surface area contributed by atoms with Crippen molar-refractivity contribution in [2.24, 2.45) is 0 Å². The Bertz CT molecular complexity index is 680. The first kappa shape index (κ1) is 17.1. The molecular weight excluding hydrogens is 345 g/mol. The molecule has 1 fully saturated rings. The Morgan fingerprint density at radius 2 is 1.54 bits per heavy atom. The van der Waals surface area contributed by atoms with Crippen LogP contribution in [-0.2, 0) is 6.54 Å². The minimum absolute atomic E-state index is 0.163. The van der Waals surface area contributed by atoms with Gasteiger partial charge in [-0.25, -0.2) is 4.79 Å². The lowest BCUT2D eigenvalue weighted by molar-refractivity contribution is 0.143. The zero-order chi connectivity index (χ0) is 16.9. The molecule has 1 N–H and O–H groups in total. The number of rotatable bonds is 3. The number of halogens is 2. The third-order valence-electron chi connectivity index (χ3n) is 4.10. The lowest BCUT2D eigenvalue weighted by atomic mass is 10.2. The predicted molar refractivity (Wildman–Crippen MR) is 98.8 cm³/mol. The van der Waals surface area contributed by atoms with Crippen molar-refractivity contribution in [3.05, 3.63) is 64.1 Å². The number of piperazine rings is 1. The predicted octanol–water partition coefficient (Wildman–Crippen LogP) is 4.34. The smallest absolute Gasteiger partial charge is 0.322 e. The Morgan fingerprint density at radius 1 is 0.917 bits per heavy atom. The fourth-order valence-corrected chi connectivity index (χ4v) is 3.25. The standard InChI is InChI=1S/C18H19Cl2N3O/c19-15-7-4-8-16(20)17(15)21-18(24)23-11-9-22(10-12-23)13-14-5-2-1-3-6-14/h1-8H,9-13H2,(H,21,24). The summed E-state index contributed by atoms with van der Waals surface area (Å²) in [6.07, 6.45) is 0. The maximum atomic E-state index is 12.4. The summed E-state index contributed by atoms with van der Waals surface area (Å²) in [6, 6.07) is 15.4. The number of carbonyl (C=O) groups is 1. The molecule has 2 amide bonds. The molecule has 1 aliphatic rings. The van der Waals surface area contributed by atoms with Gasteiger partial charge in [0.1, 0.15) is 0 Å². The van der Waals surface area contributed by atoms with Crippen LogP contribution < -0.4 is 5.32 Å². The van der Waals surface area contributed by atoms with Crippen molar-refractivity contribution in [1.29, 1.82) is 0 Å². The average Bonchev–Trinajstić information content (AvgIpc) is 2.60. The number of nitrogens with zero attached hydrogens (tertiary/aromatic N) is 2. The summed E-state index contributed by atoms with van der Waals surface area (Å²) >= 11 is 12.2. The van der Waals surface area contributed by atoms with Crippen molar-refractivity contribution < 1.29 is 4.79 Å². The van der Waals surface area contributed by atoms with Crippen molar-refractivity contribution in [2.45, 2.75) is 6.54 Å². The topological polar surface area (TPSA) is 35.6 Å². The fourth-order valence-electron chi connectivity index (χ4n) is 2.75. The molecule has 4 nitrogen and oxygen atoms in total. The maximum absolute atomic E-state index is 12.4. The second-order valence-electron chi connectivity index (χ2n) is 5.78. The van der Waals surface area contributed by atoms with Gasteiger partial charge in [-0.05, 0) is 17.7 Å². The number of hydrogen-bond acceptors (Lipinski definition) is 2. The molecule has 0 aromatic heterocycles. The van der Waals surface area contributed by atoms with Crippen LogP contribution in [0.1, 0.15) is 5.56 Å². The van der Waals surface area contributed by atoms with Gasteiger partial charge in [-0.2, -0.15) is 0 Å². The lowest BCUT2D eigenvalue weighted by Crippen LogP contribution is -2.49. The molecule has 0 unspecified atom stereocenters. The van der Waals surface area contributed by atoms with Crippen molar-refractivity contribution in [2.75, 3.05) is 31.5 Å². The molecule has 0 saturated carbocycles. The summed E-state index contributed by atoms with van der Waals surface area (Å²) < 4.78 is 0. The van der Waals surface area contributed by atoms with E-state index in [9.17, 15) is 4.79 Å². The van der Waals surface area contributed by atoms with Gasteiger partial charge in [-0.3, -0.25) is 4.90 Å². The summed E-state index contributed by atoms with van der Waals surface area (Å²) in [6.45, 7) is 3.96. The van der Waals surface area contributed by atoms with E-state index < -0.39 is 0 Å². The summed E-state index contributed by atoms with van der Waals surface area (Å²) in [4.78, 5) is 16.6. The Morgan fingerprint density at radius 3 is 2.17 bits per heavy atom. The minimum Gasteiger partial charge on any atom is -0.322 e. The molecule has 24 heavy (non-hydrogen) atoms. The lowest BCUT2D eigenvalue weighted by Gasteiger charge is -2.34. The van der Waals surface area contributed by atoms with Gasteiger partial charge in [0.15, 0.2) is 0 Å². The van der Waals surface area contributed by atoms with E-state index in [0.717, 1.165) is 19.6 Å². The first-order valence-corrected chi connectivity index (χ1v) is 8.65. The van der Waals surface area contributed by atoms with Crippen LogP contribution in [0.2, 0.25) is 10.0 Å². The molecule has 6 heteroatoms. The van der Waals surface area contributed by atoms with Gasteiger partial charge in [0.05, 0.1) is 15.7 Å². The third-order valence-corrected chi connectivity index (χ3v) is 4.73. The van der Waals surface area contributed by atoms with Crippen LogP contribution in [0.15, 0.2) is 48.5 Å². The third kappa shape index (κ3) is 4.20. The number of amides is 2. The molecule has 0 radical (unpaired) electrons. The van der Waals surface area contributed by atoms with Gasteiger partial charge in [0, 0.05) is 32.7 Å². The van der Waals surface area contributed by atoms with Gasteiger partial charge in [0.2, 0.25) is 0 Å². The highest BCUT2D eigenvalue weighted by Gasteiger charge is 2.22. The molecule has 2 aromatic rings. The van der Waals surface area contributed by atoms with Crippen LogP contribution in [0, 0.1) is 0 Å². The van der Waals surface area contributed by atoms with Gasteiger partial charge in [-0.15, -0.1) is 0 Å². The number of benzene rings is 2. The summed E-state index contributed by atoms with van der Waals surface area (Å²) in [5.41, 5.74) is 1.76. The summed E-state index contributed by atoms with van der Waals surface area (Å²) in [5.74, 6) is 0. The van der Waals surface area contributed by atoms with Crippen molar-refractivity contribution >= 4 is 34.9 Å². The van der Waals surface area contributed by atoms with E-state index in [2.05, 4.69) is 22.3 Å². The number of hydrogen-bond donors (Lipinski definition) is 1. The molecule has 1 aliphatic heterocycles. The van der Waals surface area contributed by atoms with Crippen LogP contribution in [0.4, 0.5) is 10.5 Å². The van der Waals surface area contributed by atoms with Crippen molar-refractivity contribution in [3.63, 3.8) is 0 Å². The Kier molecular flexibility index (Phi) is 5.61. The van der Waals surface area contributed by atoms with E-state index in [4.69, 9.17) is 23.2 Å². The van der Waals surface area contributed by atoms with E-state index in [-0.39, 0.29) is 6.03 Å². The molecule has 126 valence electrons. The number of anilines is 1. The number of urea groups is 1. The van der Waals surface area contributed by atoms with Crippen molar-refractivity contribution in [3.8, 4) is 0 Å². The molecule has 0 bridgehead atoms. The van der Waals surface area contributed by atoms with Crippen LogP contribution in [0.5, 0.6) is 0 Å². The SMILES string of the molecule is O=C(Nc1c(Cl)cccc1Cl)N1CCN(Cc2ccccc2)CC1. The zero-order valence-electron chi connectivity index (χ0n) is 13.2. The highest BCUT2D eigenvalue weighted by atomic mass is 35.5. The Balaban J connectivity index is 1.54. The Hall–Kier alpha value is -1.75. The first-order valence-electron chi connectivity index (χ1n) is 7.90. The quantitative estimate of drug-likeness (QED) is 0.879. The van der Waals surface area contributed by atoms with E-state index >= 15 is 0 Å². The number of carbonyl (C=O) groups excluding carboxylic acids is 1. The summed E-state index contributed by atoms with van der Waals surface area (Å²) in [7, 11) is 0. The van der Waals surface area contributed by atoms with Crippen LogP contribution in [0.25, 0.3) is 0 Å². The van der Waals surface area contributed by atoms with E-state index in [1.807, 2.05) is 18.2 Å². The molecule has 0 aliphatic carbocycles. The molecule has 2 aromatic carbocycles. The zero-order valence-corrected chi connectivity index (χ0v) is 14.7. The van der Waals surface area contributed by atoms with Crippen LogP contribution >= 0.6 is 23.2 Å². The molecule has 1 saturated heterocycles. The molecule has 0 atom stereocenters. The monoisotopic (exact) mass is 363 g/mol. The van der Waals surface area contributed by atoms with Gasteiger partial charge in [0.25, 0.3) is 0 Å². The number of para-hydroxylation sites is 1. The number of nitrogens with one attached hydrogen (secondary N) is 1. The van der Waals surface area contributed by atoms with E-state index in [1.54, 1.807) is 23.1 Å². The van der Waals surface area contributed by atoms with Gasteiger partial charge in [-0.1, -0.05) is 59.6 Å². The second-order valence-corrected chi connectivity index (χ2v) is 6.59. The van der Waals surface area contributed by atoms with E-state index in [1.165, 1.54) is 5.56 Å². The molecular formula is C18H19Cl2N3O. The average molecular weight is 364 g/mol. The van der Waals surface area contributed by atoms with Crippen LogP contribution in [0.3, 0.4) is 0 Å². The largest absolute Gasteiger partial charge is 0.322 e. The highest BCUT2D eigenvalue weighted by Crippen LogP contribution is 2.30. The van der Waals surface area contributed by atoms with Gasteiger partial charge >= 0.3 is 6.03 Å². The maximum Gasteiger partial charge on any atom is 0.322 e. The first-order chi connectivity index (χ1) is 11.6. The van der Waals surface area contributed by atoms with Crippen LogP contribution in [-0.4, -0.2) is 42.0 Å². The second kappa shape index (κ2) is 7.88. The fraction of sp³-hybridized carbons (Fsp3) is 0.278. The van der Waals surface area contributed by atoms with E-state index in [0.29, 0.717) is 28.8 Å². The molecule has 0 spiro atoms. The van der Waals surface area contributed by atoms with Gasteiger partial charge < -0.3 is 10.2 Å². The normalized spacial score (nSPS) is 15.3. The molecule has 1 heterocycles. The van der Waals surface area contributed by atoms with Crippen molar-refractivity contribution in [1.82, 2.24) is 9.80 Å². The summed E-state index contributed by atoms with van der Waals surface area (Å²) in [5, 5.41) is 3.70.